The number of halogens is 2. The molecular weight excluding hydrogens is 526 g/mol. The van der Waals surface area contributed by atoms with Gasteiger partial charge in [0.25, 0.3) is 5.91 Å². The van der Waals surface area contributed by atoms with E-state index in [1.165, 1.54) is 16.9 Å². The average Bonchev–Trinajstić information content (AvgIpc) is 3.09. The van der Waals surface area contributed by atoms with Crippen LogP contribution in [0.25, 0.3) is 11.1 Å². The van der Waals surface area contributed by atoms with Crippen LogP contribution in [0.3, 0.4) is 0 Å². The van der Waals surface area contributed by atoms with Crippen LogP contribution >= 0.6 is 38.9 Å². The summed E-state index contributed by atoms with van der Waals surface area (Å²) in [6.45, 7) is 5.80. The standard InChI is InChI=1S/C25H25BrClNO4S/c1-4-6-16-7-12-20(19(26)13-16)32-14-21(29)28-24-23(25(30)31-5-2)22(15(3)33-24)17-8-10-18(27)11-9-17/h7-13H,4-6,14H2,1-3H3,(H,28,29). The van der Waals surface area contributed by atoms with E-state index in [0.29, 0.717) is 21.3 Å². The number of amides is 1. The number of anilines is 1. The zero-order chi connectivity index (χ0) is 24.0. The van der Waals surface area contributed by atoms with Crippen molar-refractivity contribution in [2.75, 3.05) is 18.5 Å². The van der Waals surface area contributed by atoms with E-state index in [1.54, 1.807) is 19.1 Å². The second kappa shape index (κ2) is 11.7. The molecule has 0 saturated heterocycles. The van der Waals surface area contributed by atoms with Crippen molar-refractivity contribution in [3.63, 3.8) is 0 Å². The molecule has 5 nitrogen and oxygen atoms in total. The Morgan fingerprint density at radius 2 is 1.85 bits per heavy atom. The molecule has 0 bridgehead atoms. The van der Waals surface area contributed by atoms with Crippen molar-refractivity contribution < 1.29 is 19.1 Å². The minimum absolute atomic E-state index is 0.193. The first kappa shape index (κ1) is 25.3. The van der Waals surface area contributed by atoms with Crippen molar-refractivity contribution in [3.8, 4) is 16.9 Å². The number of thiophene rings is 1. The van der Waals surface area contributed by atoms with Gasteiger partial charge in [0.1, 0.15) is 16.3 Å². The smallest absolute Gasteiger partial charge is 0.341 e. The van der Waals surface area contributed by atoms with Crippen molar-refractivity contribution in [1.82, 2.24) is 0 Å². The lowest BCUT2D eigenvalue weighted by atomic mass is 10.0. The van der Waals surface area contributed by atoms with Gasteiger partial charge in [-0.25, -0.2) is 4.79 Å². The number of rotatable bonds is 9. The summed E-state index contributed by atoms with van der Waals surface area (Å²) in [5, 5.41) is 3.86. The lowest BCUT2D eigenvalue weighted by Gasteiger charge is -2.11. The molecule has 1 amide bonds. The summed E-state index contributed by atoms with van der Waals surface area (Å²) >= 11 is 10.8. The van der Waals surface area contributed by atoms with Crippen molar-refractivity contribution in [3.05, 3.63) is 68.0 Å². The van der Waals surface area contributed by atoms with Crippen LogP contribution in [0.4, 0.5) is 5.00 Å². The van der Waals surface area contributed by atoms with Crippen LogP contribution in [0.1, 0.15) is 41.1 Å². The van der Waals surface area contributed by atoms with E-state index >= 15 is 0 Å². The third-order valence-electron chi connectivity index (χ3n) is 4.84. The first-order valence-corrected chi connectivity index (χ1v) is 12.6. The maximum Gasteiger partial charge on any atom is 0.341 e. The molecule has 0 radical (unpaired) electrons. The highest BCUT2D eigenvalue weighted by molar-refractivity contribution is 9.10. The SMILES string of the molecule is CCCc1ccc(OCC(=O)Nc2sc(C)c(-c3ccc(Cl)cc3)c2C(=O)OCC)c(Br)c1. The van der Waals surface area contributed by atoms with Crippen LogP contribution in [0.2, 0.25) is 5.02 Å². The highest BCUT2D eigenvalue weighted by Gasteiger charge is 2.25. The van der Waals surface area contributed by atoms with Crippen LogP contribution < -0.4 is 10.1 Å². The molecular formula is C25H25BrClNO4S. The van der Waals surface area contributed by atoms with Gasteiger partial charge in [-0.05, 0) is 71.6 Å². The van der Waals surface area contributed by atoms with E-state index in [2.05, 4.69) is 28.2 Å². The number of aryl methyl sites for hydroxylation is 2. The van der Waals surface area contributed by atoms with Gasteiger partial charge in [-0.2, -0.15) is 0 Å². The van der Waals surface area contributed by atoms with Crippen molar-refractivity contribution in [1.29, 1.82) is 0 Å². The number of nitrogens with one attached hydrogen (secondary N) is 1. The number of hydrogen-bond acceptors (Lipinski definition) is 5. The summed E-state index contributed by atoms with van der Waals surface area (Å²) in [5.41, 5.74) is 3.08. The quantitative estimate of drug-likeness (QED) is 0.284. The summed E-state index contributed by atoms with van der Waals surface area (Å²) in [7, 11) is 0. The topological polar surface area (TPSA) is 64.6 Å². The molecule has 0 aliphatic rings. The van der Waals surface area contributed by atoms with Crippen molar-refractivity contribution in [2.45, 2.75) is 33.6 Å². The third-order valence-corrected chi connectivity index (χ3v) is 6.74. The predicted molar refractivity (Wildman–Crippen MR) is 138 cm³/mol. The van der Waals surface area contributed by atoms with E-state index in [9.17, 15) is 9.59 Å². The molecule has 3 aromatic rings. The molecule has 1 aromatic heterocycles. The fraction of sp³-hybridized carbons (Fsp3) is 0.280. The first-order valence-electron chi connectivity index (χ1n) is 10.6. The predicted octanol–water partition coefficient (Wildman–Crippen LogP) is 7.29. The number of carbonyl (C=O) groups is 2. The lowest BCUT2D eigenvalue weighted by molar-refractivity contribution is -0.118. The molecule has 0 aliphatic heterocycles. The van der Waals surface area contributed by atoms with E-state index in [1.807, 2.05) is 37.3 Å². The first-order chi connectivity index (χ1) is 15.8. The third kappa shape index (κ3) is 6.37. The average molecular weight is 551 g/mol. The van der Waals surface area contributed by atoms with Gasteiger partial charge < -0.3 is 14.8 Å². The molecule has 0 unspecified atom stereocenters. The Kier molecular flexibility index (Phi) is 8.95. The van der Waals surface area contributed by atoms with Crippen LogP contribution in [-0.4, -0.2) is 25.1 Å². The Morgan fingerprint density at radius 3 is 2.48 bits per heavy atom. The zero-order valence-corrected chi connectivity index (χ0v) is 21.8. The normalized spacial score (nSPS) is 10.7. The van der Waals surface area contributed by atoms with Gasteiger partial charge in [0.15, 0.2) is 6.61 Å². The summed E-state index contributed by atoms with van der Waals surface area (Å²) in [6.07, 6.45) is 2.03. The Morgan fingerprint density at radius 1 is 1.12 bits per heavy atom. The number of carbonyl (C=O) groups excluding carboxylic acids is 2. The van der Waals surface area contributed by atoms with Crippen LogP contribution in [-0.2, 0) is 16.0 Å². The molecule has 2 aromatic carbocycles. The minimum atomic E-state index is -0.489. The lowest BCUT2D eigenvalue weighted by Crippen LogP contribution is -2.21. The summed E-state index contributed by atoms with van der Waals surface area (Å²) < 4.78 is 11.8. The number of esters is 1. The molecule has 33 heavy (non-hydrogen) atoms. The Labute approximate surface area is 211 Å². The van der Waals surface area contributed by atoms with Crippen molar-refractivity contribution >= 4 is 55.7 Å². The number of ether oxygens (including phenoxy) is 2. The number of benzene rings is 2. The fourth-order valence-electron chi connectivity index (χ4n) is 3.41. The molecule has 1 N–H and O–H groups in total. The van der Waals surface area contributed by atoms with Gasteiger partial charge in [-0.3, -0.25) is 4.79 Å². The second-order valence-corrected chi connectivity index (χ2v) is 9.83. The van der Waals surface area contributed by atoms with Gasteiger partial charge in [-0.1, -0.05) is 43.1 Å². The molecule has 174 valence electrons. The highest BCUT2D eigenvalue weighted by atomic mass is 79.9. The molecule has 0 atom stereocenters. The molecule has 0 saturated carbocycles. The highest BCUT2D eigenvalue weighted by Crippen LogP contribution is 2.40. The van der Waals surface area contributed by atoms with Gasteiger partial charge >= 0.3 is 5.97 Å². The largest absolute Gasteiger partial charge is 0.483 e. The van der Waals surface area contributed by atoms with Crippen molar-refractivity contribution in [2.24, 2.45) is 0 Å². The molecule has 0 fully saturated rings. The minimum Gasteiger partial charge on any atom is -0.483 e. The molecule has 0 spiro atoms. The molecule has 0 aliphatic carbocycles. The number of hydrogen-bond donors (Lipinski definition) is 1. The molecule has 1 heterocycles. The Bertz CT molecular complexity index is 1140. The monoisotopic (exact) mass is 549 g/mol. The molecule has 3 rings (SSSR count). The van der Waals surface area contributed by atoms with Gasteiger partial charge in [0.05, 0.1) is 11.1 Å². The zero-order valence-electron chi connectivity index (χ0n) is 18.7. The van der Waals surface area contributed by atoms with E-state index < -0.39 is 5.97 Å². The van der Waals surface area contributed by atoms with Gasteiger partial charge in [-0.15, -0.1) is 11.3 Å². The van der Waals surface area contributed by atoms with Gasteiger partial charge in [0.2, 0.25) is 0 Å². The molecule has 8 heteroatoms. The second-order valence-electron chi connectivity index (χ2n) is 7.32. The summed E-state index contributed by atoms with van der Waals surface area (Å²) in [5.74, 6) is -0.272. The van der Waals surface area contributed by atoms with E-state index in [-0.39, 0.29) is 19.1 Å². The Hall–Kier alpha value is -2.35. The fourth-order valence-corrected chi connectivity index (χ4v) is 5.15. The maximum absolute atomic E-state index is 12.8. The summed E-state index contributed by atoms with van der Waals surface area (Å²) in [6, 6.07) is 13.0. The van der Waals surface area contributed by atoms with Crippen LogP contribution in [0.15, 0.2) is 46.9 Å². The van der Waals surface area contributed by atoms with Crippen LogP contribution in [0.5, 0.6) is 5.75 Å². The summed E-state index contributed by atoms with van der Waals surface area (Å²) in [4.78, 5) is 26.4. The van der Waals surface area contributed by atoms with Crippen LogP contribution in [0, 0.1) is 6.92 Å². The van der Waals surface area contributed by atoms with Gasteiger partial charge in [0, 0.05) is 15.5 Å². The Balaban J connectivity index is 1.81. The van der Waals surface area contributed by atoms with E-state index in [4.69, 9.17) is 21.1 Å². The van der Waals surface area contributed by atoms with E-state index in [0.717, 1.165) is 33.3 Å². The maximum atomic E-state index is 12.8.